The van der Waals surface area contributed by atoms with Crippen LogP contribution in [0.1, 0.15) is 25.7 Å². The molecule has 1 fully saturated rings. The lowest BCUT2D eigenvalue weighted by Crippen LogP contribution is -2.74. The molecule has 33 heavy (non-hydrogen) atoms. The van der Waals surface area contributed by atoms with Crippen molar-refractivity contribution < 1.29 is 88.5 Å². The summed E-state index contributed by atoms with van der Waals surface area (Å²) in [4.78, 5) is 0. The SMILES string of the molecule is FC(F)(F)C(OC1(OC(C(F)(F)F)(C(F)(F)F)C(F)(F)F)CCCC1)(C(F)(F)F)C(F)(F)F. The van der Waals surface area contributed by atoms with Crippen molar-refractivity contribution in [3.63, 3.8) is 0 Å². The molecular formula is C13H8F18O2. The lowest BCUT2D eigenvalue weighted by molar-refractivity contribution is -0.535. The molecule has 0 aromatic carbocycles. The molecule has 0 aromatic rings. The number of alkyl halides is 18. The molecule has 2 nitrogen and oxygen atoms in total. The molecule has 0 unspecified atom stereocenters. The monoisotopic (exact) mass is 538 g/mol. The van der Waals surface area contributed by atoms with Gasteiger partial charge in [0.1, 0.15) is 0 Å². The fourth-order valence-corrected chi connectivity index (χ4v) is 3.01. The molecule has 0 aliphatic heterocycles. The van der Waals surface area contributed by atoms with Gasteiger partial charge in [-0.25, -0.2) is 0 Å². The quantitative estimate of drug-likeness (QED) is 0.280. The predicted molar refractivity (Wildman–Crippen MR) is 65.2 cm³/mol. The Kier molecular flexibility index (Phi) is 7.05. The van der Waals surface area contributed by atoms with Crippen molar-refractivity contribution in [2.45, 2.75) is 79.7 Å². The first-order chi connectivity index (χ1) is 14.1. The second-order valence-corrected chi connectivity index (χ2v) is 6.67. The van der Waals surface area contributed by atoms with Gasteiger partial charge in [-0.05, 0) is 12.8 Å². The van der Waals surface area contributed by atoms with E-state index in [9.17, 15) is 79.0 Å². The highest BCUT2D eigenvalue weighted by molar-refractivity contribution is 5.08. The molecule has 0 N–H and O–H groups in total. The second-order valence-electron chi connectivity index (χ2n) is 6.67. The zero-order chi connectivity index (χ0) is 26.7. The van der Waals surface area contributed by atoms with Crippen molar-refractivity contribution in [3.8, 4) is 0 Å². The first-order valence-electron chi connectivity index (χ1n) is 7.93. The zero-order valence-electron chi connectivity index (χ0n) is 14.9. The van der Waals surface area contributed by atoms with E-state index in [1.54, 1.807) is 0 Å². The fraction of sp³-hybridized carbons (Fsp3) is 1.00. The summed E-state index contributed by atoms with van der Waals surface area (Å²) >= 11 is 0. The Labute approximate surface area is 169 Å². The Morgan fingerprint density at radius 3 is 0.697 bits per heavy atom. The molecule has 1 aliphatic carbocycles. The fourth-order valence-electron chi connectivity index (χ4n) is 3.01. The van der Waals surface area contributed by atoms with Crippen LogP contribution in [-0.2, 0) is 9.47 Å². The molecule has 0 bridgehead atoms. The standard InChI is InChI=1S/C13H8F18O2/c14-8(15,16)6(9(17,18)19,10(20,21)22)32-5(3-1-2-4-5)33-7(11(23,24)25,12(26,27)28)13(29,30)31/h1-4H2. The van der Waals surface area contributed by atoms with Crippen molar-refractivity contribution >= 4 is 0 Å². The van der Waals surface area contributed by atoms with Crippen molar-refractivity contribution in [1.82, 2.24) is 0 Å². The van der Waals surface area contributed by atoms with E-state index in [0.717, 1.165) is 0 Å². The molecule has 0 aromatic heterocycles. The molecule has 20 heteroatoms. The van der Waals surface area contributed by atoms with Gasteiger partial charge in [0.15, 0.2) is 5.79 Å². The van der Waals surface area contributed by atoms with Crippen LogP contribution < -0.4 is 0 Å². The topological polar surface area (TPSA) is 18.5 Å². The summed E-state index contributed by atoms with van der Waals surface area (Å²) in [6.45, 7) is 0. The molecule has 1 rings (SSSR count). The number of hydrogen-bond donors (Lipinski definition) is 0. The van der Waals surface area contributed by atoms with E-state index in [2.05, 4.69) is 9.47 Å². The maximum atomic E-state index is 13.0. The van der Waals surface area contributed by atoms with E-state index >= 15 is 0 Å². The summed E-state index contributed by atoms with van der Waals surface area (Å²) in [6.07, 6.45) is -52.2. The van der Waals surface area contributed by atoms with Crippen LogP contribution in [0.5, 0.6) is 0 Å². The highest BCUT2D eigenvalue weighted by Crippen LogP contribution is 2.62. The van der Waals surface area contributed by atoms with Crippen LogP contribution in [0, 0.1) is 0 Å². The van der Waals surface area contributed by atoms with Crippen LogP contribution in [0.3, 0.4) is 0 Å². The first kappa shape index (κ1) is 29.7. The van der Waals surface area contributed by atoms with E-state index in [-0.39, 0.29) is 0 Å². The maximum Gasteiger partial charge on any atom is 0.435 e. The molecule has 0 saturated heterocycles. The largest absolute Gasteiger partial charge is 0.435 e. The maximum absolute atomic E-state index is 13.0. The number of ether oxygens (including phenoxy) is 2. The second kappa shape index (κ2) is 7.84. The van der Waals surface area contributed by atoms with Gasteiger partial charge in [0.2, 0.25) is 0 Å². The van der Waals surface area contributed by atoms with E-state index in [0.29, 0.717) is 0 Å². The van der Waals surface area contributed by atoms with E-state index in [4.69, 9.17) is 0 Å². The van der Waals surface area contributed by atoms with E-state index < -0.39 is 79.7 Å². The van der Waals surface area contributed by atoms with Gasteiger partial charge in [-0.15, -0.1) is 0 Å². The number of hydrogen-bond acceptors (Lipinski definition) is 2. The summed E-state index contributed by atoms with van der Waals surface area (Å²) in [6, 6.07) is 0. The smallest absolute Gasteiger partial charge is 0.318 e. The van der Waals surface area contributed by atoms with Gasteiger partial charge >= 0.3 is 48.3 Å². The van der Waals surface area contributed by atoms with Crippen molar-refractivity contribution in [3.05, 3.63) is 0 Å². The van der Waals surface area contributed by atoms with Gasteiger partial charge in [0, 0.05) is 12.8 Å². The highest BCUT2D eigenvalue weighted by atomic mass is 19.4. The Balaban J connectivity index is 3.95. The van der Waals surface area contributed by atoms with Gasteiger partial charge in [-0.1, -0.05) is 0 Å². The minimum absolute atomic E-state index is 1.05. The van der Waals surface area contributed by atoms with Gasteiger partial charge < -0.3 is 9.47 Å². The Bertz CT molecular complexity index is 555. The third kappa shape index (κ3) is 4.64. The molecule has 1 aliphatic rings. The van der Waals surface area contributed by atoms with Crippen molar-refractivity contribution in [2.24, 2.45) is 0 Å². The minimum Gasteiger partial charge on any atom is -0.318 e. The van der Waals surface area contributed by atoms with Crippen LogP contribution in [0.2, 0.25) is 0 Å². The zero-order valence-corrected chi connectivity index (χ0v) is 14.9. The number of halogens is 18. The molecule has 0 amide bonds. The highest BCUT2D eigenvalue weighted by Gasteiger charge is 2.90. The molecule has 0 atom stereocenters. The summed E-state index contributed by atoms with van der Waals surface area (Å²) in [5.41, 5.74) is -15.0. The average Bonchev–Trinajstić information content (AvgIpc) is 2.91. The molecular weight excluding hydrogens is 530 g/mol. The Morgan fingerprint density at radius 1 is 0.364 bits per heavy atom. The Morgan fingerprint density at radius 2 is 0.545 bits per heavy atom. The predicted octanol–water partition coefficient (Wildman–Crippen LogP) is 7.14. The van der Waals surface area contributed by atoms with Crippen LogP contribution in [-0.4, -0.2) is 54.0 Å². The molecule has 198 valence electrons. The van der Waals surface area contributed by atoms with Crippen LogP contribution in [0.4, 0.5) is 79.0 Å². The third-order valence-corrected chi connectivity index (χ3v) is 4.44. The van der Waals surface area contributed by atoms with E-state index in [1.165, 1.54) is 0 Å². The minimum atomic E-state index is -7.67. The van der Waals surface area contributed by atoms with Crippen LogP contribution >= 0.6 is 0 Å². The van der Waals surface area contributed by atoms with E-state index in [1.807, 2.05) is 0 Å². The van der Waals surface area contributed by atoms with Gasteiger partial charge in [-0.3, -0.25) is 0 Å². The van der Waals surface area contributed by atoms with Crippen LogP contribution in [0.15, 0.2) is 0 Å². The molecule has 1 saturated carbocycles. The van der Waals surface area contributed by atoms with Gasteiger partial charge in [0.25, 0.3) is 0 Å². The molecule has 0 spiro atoms. The lowest BCUT2D eigenvalue weighted by atomic mass is 9.98. The van der Waals surface area contributed by atoms with Gasteiger partial charge in [0.05, 0.1) is 0 Å². The molecule has 0 radical (unpaired) electrons. The summed E-state index contributed by atoms with van der Waals surface area (Å²) < 4.78 is 240. The lowest BCUT2D eigenvalue weighted by Gasteiger charge is -2.48. The Hall–Kier alpha value is -1.34. The van der Waals surface area contributed by atoms with Gasteiger partial charge in [-0.2, -0.15) is 79.0 Å². The average molecular weight is 538 g/mol. The van der Waals surface area contributed by atoms with Crippen molar-refractivity contribution in [2.75, 3.05) is 0 Å². The van der Waals surface area contributed by atoms with Crippen LogP contribution in [0.25, 0.3) is 0 Å². The van der Waals surface area contributed by atoms with Crippen molar-refractivity contribution in [1.29, 1.82) is 0 Å². The normalized spacial score (nSPS) is 19.8. The summed E-state index contributed by atoms with van der Waals surface area (Å²) in [5, 5.41) is 0. The number of rotatable bonds is 4. The summed E-state index contributed by atoms with van der Waals surface area (Å²) in [5.74, 6) is -4.92. The first-order valence-corrected chi connectivity index (χ1v) is 7.93. The third-order valence-electron chi connectivity index (χ3n) is 4.44. The molecule has 0 heterocycles. The summed E-state index contributed by atoms with van der Waals surface area (Å²) in [7, 11) is 0.